The first-order valence-corrected chi connectivity index (χ1v) is 15.1. The summed E-state index contributed by atoms with van der Waals surface area (Å²) in [6, 6.07) is 18.3. The fraction of sp³-hybridized carbons (Fsp3) is 0.400. The minimum absolute atomic E-state index is 0.0324. The molecule has 3 fully saturated rings. The zero-order valence-corrected chi connectivity index (χ0v) is 24.7. The van der Waals surface area contributed by atoms with E-state index in [1.807, 2.05) is 56.3 Å². The Morgan fingerprint density at radius 1 is 1.00 bits per heavy atom. The number of ether oxygens (including phenoxy) is 2. The standard InChI is InChI=1S/C35H31N5O4/c1-34(11-5-15-40-32(41)28-27-10-12-35(2,43-27)30(28)33(40)42)29(26(20-38)31(44-34)24(18-36)19-37)23-7-6-22-17-25(9-8-21(22)16-23)39-13-3-4-14-39/h6-10,12,16-17,27-28,30H,3-5,11,13-15H2,1-2H3. The van der Waals surface area contributed by atoms with Gasteiger partial charge in [-0.3, -0.25) is 14.5 Å². The average Bonchev–Trinajstić information content (AvgIpc) is 3.83. The first kappa shape index (κ1) is 27.9. The molecule has 2 aromatic rings. The molecular formula is C35H31N5O4. The highest BCUT2D eigenvalue weighted by atomic mass is 16.5. The van der Waals surface area contributed by atoms with E-state index in [0.29, 0.717) is 18.4 Å². The van der Waals surface area contributed by atoms with E-state index >= 15 is 0 Å². The lowest BCUT2D eigenvalue weighted by Gasteiger charge is -2.29. The number of rotatable bonds is 6. The molecule has 2 aromatic carbocycles. The molecule has 9 heteroatoms. The van der Waals surface area contributed by atoms with Crippen molar-refractivity contribution >= 4 is 33.8 Å². The largest absolute Gasteiger partial charge is 0.479 e. The van der Waals surface area contributed by atoms with Gasteiger partial charge in [0.15, 0.2) is 11.3 Å². The van der Waals surface area contributed by atoms with Crippen LogP contribution in [0, 0.1) is 45.8 Å². The normalized spacial score (nSPS) is 30.2. The predicted octanol–water partition coefficient (Wildman–Crippen LogP) is 4.92. The summed E-state index contributed by atoms with van der Waals surface area (Å²) in [7, 11) is 0. The maximum atomic E-state index is 13.4. The van der Waals surface area contributed by atoms with Gasteiger partial charge in [0, 0.05) is 30.9 Å². The molecular weight excluding hydrogens is 554 g/mol. The highest BCUT2D eigenvalue weighted by molar-refractivity contribution is 6.07. The Morgan fingerprint density at radius 2 is 1.73 bits per heavy atom. The number of carbonyl (C=O) groups is 2. The van der Waals surface area contributed by atoms with E-state index in [9.17, 15) is 25.4 Å². The lowest BCUT2D eigenvalue weighted by molar-refractivity contribution is -0.144. The van der Waals surface area contributed by atoms with Crippen LogP contribution in [-0.2, 0) is 19.1 Å². The number of fused-ring (bicyclic) bond motifs is 6. The van der Waals surface area contributed by atoms with Crippen molar-refractivity contribution in [3.8, 4) is 18.2 Å². The highest BCUT2D eigenvalue weighted by Crippen LogP contribution is 2.52. The van der Waals surface area contributed by atoms with Crippen molar-refractivity contribution in [1.29, 1.82) is 15.8 Å². The molecule has 44 heavy (non-hydrogen) atoms. The molecule has 5 heterocycles. The van der Waals surface area contributed by atoms with Gasteiger partial charge in [0.2, 0.25) is 11.8 Å². The van der Waals surface area contributed by atoms with E-state index in [2.05, 4.69) is 29.2 Å². The maximum absolute atomic E-state index is 13.4. The average molecular weight is 586 g/mol. The number of hydrogen-bond acceptors (Lipinski definition) is 8. The third-order valence-electron chi connectivity index (χ3n) is 9.94. The summed E-state index contributed by atoms with van der Waals surface area (Å²) in [5, 5.41) is 31.7. The smallest absolute Gasteiger partial charge is 0.236 e. The summed E-state index contributed by atoms with van der Waals surface area (Å²) in [5.74, 6) is -1.49. The number of nitrogens with zero attached hydrogens (tertiary/aromatic N) is 5. The predicted molar refractivity (Wildman–Crippen MR) is 161 cm³/mol. The summed E-state index contributed by atoms with van der Waals surface area (Å²) in [4.78, 5) is 30.4. The number of hydrogen-bond donors (Lipinski definition) is 0. The lowest BCUT2D eigenvalue weighted by atomic mass is 9.78. The molecule has 9 nitrogen and oxygen atoms in total. The van der Waals surface area contributed by atoms with Crippen LogP contribution in [0.25, 0.3) is 16.3 Å². The van der Waals surface area contributed by atoms with E-state index < -0.39 is 23.0 Å². The summed E-state index contributed by atoms with van der Waals surface area (Å²) in [6.07, 6.45) is 6.50. The Bertz CT molecular complexity index is 1830. The molecule has 3 saturated heterocycles. The third-order valence-corrected chi connectivity index (χ3v) is 9.94. The van der Waals surface area contributed by atoms with Crippen molar-refractivity contribution < 1.29 is 19.1 Å². The van der Waals surface area contributed by atoms with Crippen LogP contribution < -0.4 is 4.90 Å². The van der Waals surface area contributed by atoms with Gasteiger partial charge in [-0.15, -0.1) is 0 Å². The summed E-state index contributed by atoms with van der Waals surface area (Å²) < 4.78 is 12.3. The van der Waals surface area contributed by atoms with E-state index in [-0.39, 0.29) is 41.4 Å². The Morgan fingerprint density at radius 3 is 2.43 bits per heavy atom. The second-order valence-corrected chi connectivity index (χ2v) is 12.6. The zero-order chi connectivity index (χ0) is 30.8. The fourth-order valence-corrected chi connectivity index (χ4v) is 7.81. The number of anilines is 1. The van der Waals surface area contributed by atoms with Gasteiger partial charge >= 0.3 is 0 Å². The van der Waals surface area contributed by atoms with E-state index in [4.69, 9.17) is 9.47 Å². The Kier molecular flexibility index (Phi) is 6.39. The number of likely N-dealkylation sites (tertiary alicyclic amines) is 1. The number of allylic oxidation sites excluding steroid dienone is 2. The molecule has 0 spiro atoms. The minimum Gasteiger partial charge on any atom is -0.479 e. The minimum atomic E-state index is -1.08. The van der Waals surface area contributed by atoms with Crippen molar-refractivity contribution in [3.05, 3.63) is 71.0 Å². The quantitative estimate of drug-likeness (QED) is 0.265. The summed E-state index contributed by atoms with van der Waals surface area (Å²) >= 11 is 0. The fourth-order valence-electron chi connectivity index (χ4n) is 7.81. The lowest BCUT2D eigenvalue weighted by Crippen LogP contribution is -2.39. The third kappa shape index (κ3) is 4.06. The van der Waals surface area contributed by atoms with Crippen LogP contribution in [0.1, 0.15) is 45.1 Å². The summed E-state index contributed by atoms with van der Waals surface area (Å²) in [6.45, 7) is 5.98. The maximum Gasteiger partial charge on any atom is 0.236 e. The van der Waals surface area contributed by atoms with Gasteiger partial charge in [0.25, 0.3) is 0 Å². The van der Waals surface area contributed by atoms with Crippen LogP contribution in [-0.4, -0.2) is 53.7 Å². The van der Waals surface area contributed by atoms with Gasteiger partial charge < -0.3 is 14.4 Å². The van der Waals surface area contributed by atoms with Crippen molar-refractivity contribution in [3.63, 3.8) is 0 Å². The highest BCUT2D eigenvalue weighted by Gasteiger charge is 2.65. The molecule has 2 bridgehead atoms. The van der Waals surface area contributed by atoms with Crippen molar-refractivity contribution in [2.75, 3.05) is 24.5 Å². The van der Waals surface area contributed by atoms with E-state index in [1.54, 1.807) is 0 Å². The van der Waals surface area contributed by atoms with Crippen molar-refractivity contribution in [1.82, 2.24) is 4.90 Å². The van der Waals surface area contributed by atoms with Gasteiger partial charge in [-0.05, 0) is 74.1 Å². The van der Waals surface area contributed by atoms with Crippen molar-refractivity contribution in [2.24, 2.45) is 11.8 Å². The molecule has 5 atom stereocenters. The zero-order valence-electron chi connectivity index (χ0n) is 24.7. The Balaban J connectivity index is 1.19. The molecule has 0 radical (unpaired) electrons. The molecule has 5 aliphatic rings. The molecule has 7 rings (SSSR count). The van der Waals surface area contributed by atoms with Gasteiger partial charge in [-0.25, -0.2) is 0 Å². The second-order valence-electron chi connectivity index (χ2n) is 12.6. The Hall–Kier alpha value is -4.91. The molecule has 0 aliphatic carbocycles. The first-order valence-electron chi connectivity index (χ1n) is 15.1. The number of benzene rings is 2. The SMILES string of the molecule is CC1(CCCN2C(=O)C3C4C=CC(C)(O4)C3C2=O)OC(=C(C#N)C#N)C(C#N)=C1c1ccc2cc(N3CCCC3)ccc2c1. The molecule has 5 aliphatic heterocycles. The van der Waals surface area contributed by atoms with Crippen molar-refractivity contribution in [2.45, 2.75) is 56.8 Å². The van der Waals surface area contributed by atoms with Gasteiger partial charge in [0.05, 0.1) is 23.5 Å². The molecule has 0 saturated carbocycles. The van der Waals surface area contributed by atoms with Gasteiger partial charge in [-0.2, -0.15) is 15.8 Å². The van der Waals surface area contributed by atoms with E-state index in [0.717, 1.165) is 29.4 Å². The molecule has 5 unspecified atom stereocenters. The number of imide groups is 1. The van der Waals surface area contributed by atoms with Gasteiger partial charge in [-0.1, -0.05) is 30.4 Å². The van der Waals surface area contributed by atoms with Gasteiger partial charge in [0.1, 0.15) is 29.4 Å². The number of amides is 2. The second kappa shape index (κ2) is 10.1. The molecule has 0 N–H and O–H groups in total. The van der Waals surface area contributed by atoms with Crippen LogP contribution in [0.3, 0.4) is 0 Å². The molecule has 0 aromatic heterocycles. The number of nitriles is 3. The molecule has 2 amide bonds. The van der Waals surface area contributed by atoms with Crippen LogP contribution in [0.2, 0.25) is 0 Å². The first-order chi connectivity index (χ1) is 21.2. The Labute approximate surface area is 255 Å². The van der Waals surface area contributed by atoms with Crippen LogP contribution in [0.15, 0.2) is 65.5 Å². The van der Waals surface area contributed by atoms with E-state index in [1.165, 1.54) is 23.4 Å². The monoisotopic (exact) mass is 585 g/mol. The summed E-state index contributed by atoms with van der Waals surface area (Å²) in [5.41, 5.74) is 0.562. The topological polar surface area (TPSA) is 130 Å². The number of carbonyl (C=O) groups excluding carboxylic acids is 2. The molecule has 220 valence electrons. The van der Waals surface area contributed by atoms with Crippen LogP contribution in [0.5, 0.6) is 0 Å². The van der Waals surface area contributed by atoms with Crippen LogP contribution in [0.4, 0.5) is 5.69 Å². The van der Waals surface area contributed by atoms with Crippen LogP contribution >= 0.6 is 0 Å².